The molecule has 1 aliphatic heterocycles. The van der Waals surface area contributed by atoms with Crippen molar-refractivity contribution >= 4 is 18.4 Å². The third-order valence-electron chi connectivity index (χ3n) is 1.23. The second-order valence-electron chi connectivity index (χ2n) is 1.95. The summed E-state index contributed by atoms with van der Waals surface area (Å²) in [6, 6.07) is 0. The predicted octanol–water partition coefficient (Wildman–Crippen LogP) is 0.0901. The molecule has 0 bridgehead atoms. The van der Waals surface area contributed by atoms with Crippen LogP contribution in [0, 0.1) is 0 Å². The Morgan fingerprint density at radius 3 is 3.22 bits per heavy atom. The monoisotopic (exact) mass is 146 g/mol. The Bertz CT molecular complexity index is 93.0. The molecule has 1 saturated heterocycles. The molecule has 3 nitrogen and oxygen atoms in total. The first kappa shape index (κ1) is 6.89. The fraction of sp³-hybridized carbons (Fsp3) is 0.800. The van der Waals surface area contributed by atoms with E-state index in [1.54, 1.807) is 11.9 Å². The van der Waals surface area contributed by atoms with E-state index < -0.39 is 0 Å². The number of nitrogens with one attached hydrogen (secondary N) is 2. The van der Waals surface area contributed by atoms with Gasteiger partial charge in [0.05, 0.1) is 6.17 Å². The molecule has 1 atom stereocenters. The first-order chi connectivity index (χ1) is 4.43. The van der Waals surface area contributed by atoms with Crippen LogP contribution in [-0.2, 0) is 4.79 Å². The van der Waals surface area contributed by atoms with E-state index >= 15 is 0 Å². The molecule has 1 aliphatic rings. The first-order valence-corrected chi connectivity index (χ1v) is 3.99. The number of hydrogen-bond donors (Lipinski definition) is 2. The van der Waals surface area contributed by atoms with E-state index in [9.17, 15) is 4.79 Å². The molecule has 2 N–H and O–H groups in total. The Morgan fingerprint density at radius 2 is 2.67 bits per heavy atom. The molecule has 0 spiro atoms. The van der Waals surface area contributed by atoms with Crippen molar-refractivity contribution in [1.82, 2.24) is 10.0 Å². The van der Waals surface area contributed by atoms with E-state index in [-0.39, 0.29) is 6.17 Å². The standard InChI is InChI=1S/C5H10N2OS/c8-4-6-5-2-1-3-9-7-5/h4-5,7H,1-3H2,(H,6,8). The summed E-state index contributed by atoms with van der Waals surface area (Å²) in [7, 11) is 0. The van der Waals surface area contributed by atoms with Gasteiger partial charge in [0, 0.05) is 5.75 Å². The molecule has 4 heteroatoms. The smallest absolute Gasteiger partial charge is 0.208 e. The first-order valence-electron chi connectivity index (χ1n) is 3.00. The Labute approximate surface area is 58.7 Å². The summed E-state index contributed by atoms with van der Waals surface area (Å²) >= 11 is 1.67. The molecular formula is C5H10N2OS. The van der Waals surface area contributed by atoms with Gasteiger partial charge in [-0.1, -0.05) is 11.9 Å². The summed E-state index contributed by atoms with van der Waals surface area (Å²) in [5, 5.41) is 2.67. The maximum absolute atomic E-state index is 9.91. The van der Waals surface area contributed by atoms with Crippen molar-refractivity contribution in [1.29, 1.82) is 0 Å². The second kappa shape index (κ2) is 3.74. The highest BCUT2D eigenvalue weighted by Gasteiger charge is 2.10. The normalized spacial score (nSPS) is 27.3. The Morgan fingerprint density at radius 1 is 1.78 bits per heavy atom. The summed E-state index contributed by atoms with van der Waals surface area (Å²) in [4.78, 5) is 9.91. The lowest BCUT2D eigenvalue weighted by Crippen LogP contribution is -2.40. The van der Waals surface area contributed by atoms with Gasteiger partial charge in [0.25, 0.3) is 0 Å². The van der Waals surface area contributed by atoms with Crippen LogP contribution in [0.15, 0.2) is 0 Å². The van der Waals surface area contributed by atoms with Crippen molar-refractivity contribution in [2.24, 2.45) is 0 Å². The summed E-state index contributed by atoms with van der Waals surface area (Å²) in [6.07, 6.45) is 3.17. The maximum Gasteiger partial charge on any atom is 0.208 e. The molecule has 0 radical (unpaired) electrons. The van der Waals surface area contributed by atoms with Crippen LogP contribution < -0.4 is 10.0 Å². The van der Waals surface area contributed by atoms with Crippen LogP contribution in [0.25, 0.3) is 0 Å². The minimum Gasteiger partial charge on any atom is -0.343 e. The van der Waals surface area contributed by atoms with Crippen molar-refractivity contribution in [3.8, 4) is 0 Å². The second-order valence-corrected chi connectivity index (χ2v) is 2.88. The van der Waals surface area contributed by atoms with Gasteiger partial charge < -0.3 is 5.32 Å². The number of carbonyl (C=O) groups excluding carboxylic acids is 1. The van der Waals surface area contributed by atoms with Gasteiger partial charge >= 0.3 is 0 Å². The minimum absolute atomic E-state index is 0.196. The third-order valence-corrected chi connectivity index (χ3v) is 2.18. The lowest BCUT2D eigenvalue weighted by Gasteiger charge is -2.21. The average Bonchev–Trinajstić information content (AvgIpc) is 1.91. The molecule has 52 valence electrons. The van der Waals surface area contributed by atoms with Gasteiger partial charge in [-0.2, -0.15) is 0 Å². The van der Waals surface area contributed by atoms with Gasteiger partial charge in [0.2, 0.25) is 6.41 Å². The number of hydrogen-bond acceptors (Lipinski definition) is 3. The van der Waals surface area contributed by atoms with Gasteiger partial charge in [0.15, 0.2) is 0 Å². The third kappa shape index (κ3) is 2.24. The number of rotatable bonds is 2. The van der Waals surface area contributed by atoms with Crippen LogP contribution in [0.1, 0.15) is 12.8 Å². The summed E-state index contributed by atoms with van der Waals surface area (Å²) in [6.45, 7) is 0. The van der Waals surface area contributed by atoms with E-state index in [0.29, 0.717) is 0 Å². The van der Waals surface area contributed by atoms with E-state index in [2.05, 4.69) is 10.0 Å². The fourth-order valence-electron chi connectivity index (χ4n) is 0.778. The van der Waals surface area contributed by atoms with E-state index in [1.165, 1.54) is 6.42 Å². The largest absolute Gasteiger partial charge is 0.343 e. The molecule has 1 heterocycles. The molecule has 0 aliphatic carbocycles. The number of amides is 1. The van der Waals surface area contributed by atoms with E-state index in [0.717, 1.165) is 18.6 Å². The molecule has 9 heavy (non-hydrogen) atoms. The molecule has 0 aromatic heterocycles. The van der Waals surface area contributed by atoms with Gasteiger partial charge in [-0.3, -0.25) is 4.79 Å². The van der Waals surface area contributed by atoms with Crippen LogP contribution in [0.4, 0.5) is 0 Å². The van der Waals surface area contributed by atoms with Crippen molar-refractivity contribution in [3.63, 3.8) is 0 Å². The summed E-state index contributed by atoms with van der Waals surface area (Å²) in [5.74, 6) is 1.15. The topological polar surface area (TPSA) is 41.1 Å². The molecule has 1 fully saturated rings. The minimum atomic E-state index is 0.196. The van der Waals surface area contributed by atoms with Gasteiger partial charge in [-0.05, 0) is 12.8 Å². The van der Waals surface area contributed by atoms with E-state index in [1.807, 2.05) is 0 Å². The zero-order valence-electron chi connectivity index (χ0n) is 5.09. The summed E-state index contributed by atoms with van der Waals surface area (Å²) in [5.41, 5.74) is 0. The Hall–Kier alpha value is -0.220. The van der Waals surface area contributed by atoms with Gasteiger partial charge in [-0.15, -0.1) is 0 Å². The zero-order chi connectivity index (χ0) is 6.53. The van der Waals surface area contributed by atoms with Gasteiger partial charge in [0.1, 0.15) is 0 Å². The predicted molar refractivity (Wildman–Crippen MR) is 37.8 cm³/mol. The van der Waals surface area contributed by atoms with Crippen molar-refractivity contribution in [2.75, 3.05) is 5.75 Å². The lowest BCUT2D eigenvalue weighted by molar-refractivity contribution is -0.110. The zero-order valence-corrected chi connectivity index (χ0v) is 5.91. The molecular weight excluding hydrogens is 136 g/mol. The quantitative estimate of drug-likeness (QED) is 0.428. The van der Waals surface area contributed by atoms with Crippen LogP contribution in [0.3, 0.4) is 0 Å². The molecule has 1 unspecified atom stereocenters. The Kier molecular flexibility index (Phi) is 2.86. The average molecular weight is 146 g/mol. The fourth-order valence-corrected chi connectivity index (χ4v) is 1.59. The number of carbonyl (C=O) groups is 1. The van der Waals surface area contributed by atoms with Crippen molar-refractivity contribution in [3.05, 3.63) is 0 Å². The molecule has 1 rings (SSSR count). The molecule has 0 aromatic carbocycles. The maximum atomic E-state index is 9.91. The molecule has 1 amide bonds. The van der Waals surface area contributed by atoms with Crippen LogP contribution in [0.2, 0.25) is 0 Å². The van der Waals surface area contributed by atoms with Crippen LogP contribution in [-0.4, -0.2) is 18.3 Å². The highest BCUT2D eigenvalue weighted by Crippen LogP contribution is 2.10. The van der Waals surface area contributed by atoms with Crippen molar-refractivity contribution in [2.45, 2.75) is 19.0 Å². The van der Waals surface area contributed by atoms with Crippen LogP contribution >= 0.6 is 11.9 Å². The SMILES string of the molecule is O=CNC1CCCSN1. The molecule has 0 saturated carbocycles. The van der Waals surface area contributed by atoms with Gasteiger partial charge in [-0.25, -0.2) is 4.72 Å². The Balaban J connectivity index is 2.15. The highest BCUT2D eigenvalue weighted by atomic mass is 32.2. The summed E-state index contributed by atoms with van der Waals surface area (Å²) < 4.78 is 3.09. The molecule has 0 aromatic rings. The van der Waals surface area contributed by atoms with Crippen molar-refractivity contribution < 1.29 is 4.79 Å². The lowest BCUT2D eigenvalue weighted by atomic mass is 10.3. The van der Waals surface area contributed by atoms with Crippen LogP contribution in [0.5, 0.6) is 0 Å². The highest BCUT2D eigenvalue weighted by molar-refractivity contribution is 7.97. The van der Waals surface area contributed by atoms with E-state index in [4.69, 9.17) is 0 Å².